The molecule has 182 valence electrons. The van der Waals surface area contributed by atoms with E-state index in [1.165, 1.54) is 0 Å². The molecule has 0 saturated carbocycles. The number of rotatable bonds is 8. The molecule has 2 aromatic carbocycles. The van der Waals surface area contributed by atoms with Crippen molar-refractivity contribution in [3.63, 3.8) is 0 Å². The van der Waals surface area contributed by atoms with E-state index in [1.807, 2.05) is 30.3 Å². The molecule has 1 saturated heterocycles. The van der Waals surface area contributed by atoms with Gasteiger partial charge in [0.15, 0.2) is 5.96 Å². The van der Waals surface area contributed by atoms with Crippen molar-refractivity contribution in [2.75, 3.05) is 46.2 Å². The summed E-state index contributed by atoms with van der Waals surface area (Å²) in [6.45, 7) is 2.72. The number of carbonyl (C=O) groups excluding carboxylic acids is 1. The fraction of sp³-hybridized carbons (Fsp3) is 0.360. The third-order valence-corrected chi connectivity index (χ3v) is 5.38. The number of ether oxygens (including phenoxy) is 2. The molecule has 2 aromatic rings. The number of carbonyl (C=O) groups is 1. The number of hydrogen-bond donors (Lipinski definition) is 3. The summed E-state index contributed by atoms with van der Waals surface area (Å²) < 4.78 is 10.7. The highest BCUT2D eigenvalue weighted by atomic mass is 127. The lowest BCUT2D eigenvalue weighted by Gasteiger charge is -2.19. The van der Waals surface area contributed by atoms with Gasteiger partial charge in [0.25, 0.3) is 0 Å². The lowest BCUT2D eigenvalue weighted by Crippen LogP contribution is -2.46. The number of terminal acetylenes is 1. The van der Waals surface area contributed by atoms with Crippen LogP contribution in [0.1, 0.15) is 17.5 Å². The molecule has 0 aliphatic carbocycles. The van der Waals surface area contributed by atoms with Crippen molar-refractivity contribution in [3.05, 3.63) is 53.6 Å². The normalized spacial score (nSPS) is 15.6. The van der Waals surface area contributed by atoms with Crippen LogP contribution >= 0.6 is 24.0 Å². The third kappa shape index (κ3) is 8.11. The van der Waals surface area contributed by atoms with Gasteiger partial charge in [-0.1, -0.05) is 12.0 Å². The van der Waals surface area contributed by atoms with Crippen LogP contribution in [0.4, 0.5) is 5.69 Å². The Labute approximate surface area is 218 Å². The molecular weight excluding hydrogens is 545 g/mol. The first-order chi connectivity index (χ1) is 16.0. The molecule has 1 atom stereocenters. The molecule has 8 nitrogen and oxygen atoms in total. The van der Waals surface area contributed by atoms with Gasteiger partial charge in [0.1, 0.15) is 11.5 Å². The second-order valence-corrected chi connectivity index (χ2v) is 7.79. The second-order valence-electron chi connectivity index (χ2n) is 7.79. The molecule has 1 heterocycles. The van der Waals surface area contributed by atoms with Crippen LogP contribution in [0.5, 0.6) is 11.5 Å². The Kier molecular flexibility index (Phi) is 11.0. The molecule has 1 amide bonds. The molecule has 34 heavy (non-hydrogen) atoms. The lowest BCUT2D eigenvalue weighted by atomic mass is 10.2. The largest absolute Gasteiger partial charge is 0.497 e. The van der Waals surface area contributed by atoms with Crippen molar-refractivity contribution >= 4 is 41.5 Å². The number of hydrogen-bond acceptors (Lipinski definition) is 5. The van der Waals surface area contributed by atoms with Crippen molar-refractivity contribution in [2.24, 2.45) is 4.99 Å². The standard InChI is InChI=1S/C25H31N5O3.HI/c1-5-18-7-6-8-20(11-18)28-24(31)15-27-25(26-2)29-21-9-10-30(17-21)16-19-12-22(32-3)14-23(13-19)33-4;/h1,6-8,11-14,21H,9-10,15-17H2,2-4H3,(H,28,31)(H2,26,27,29);1H. The van der Waals surface area contributed by atoms with Crippen LogP contribution < -0.4 is 25.4 Å². The fourth-order valence-electron chi connectivity index (χ4n) is 3.75. The Morgan fingerprint density at radius 1 is 1.21 bits per heavy atom. The van der Waals surface area contributed by atoms with E-state index < -0.39 is 0 Å². The van der Waals surface area contributed by atoms with Gasteiger partial charge in [0.2, 0.25) is 5.91 Å². The highest BCUT2D eigenvalue weighted by molar-refractivity contribution is 14.0. The maximum absolute atomic E-state index is 12.3. The Morgan fingerprint density at radius 3 is 2.59 bits per heavy atom. The maximum Gasteiger partial charge on any atom is 0.243 e. The van der Waals surface area contributed by atoms with Gasteiger partial charge in [-0.3, -0.25) is 14.7 Å². The maximum atomic E-state index is 12.3. The average molecular weight is 577 g/mol. The number of likely N-dealkylation sites (tertiary alicyclic amines) is 1. The highest BCUT2D eigenvalue weighted by Crippen LogP contribution is 2.24. The molecule has 0 aromatic heterocycles. The minimum atomic E-state index is -0.174. The van der Waals surface area contributed by atoms with Crippen LogP contribution in [-0.2, 0) is 11.3 Å². The molecule has 1 unspecified atom stereocenters. The zero-order chi connectivity index (χ0) is 23.6. The molecule has 1 fully saturated rings. The zero-order valence-electron chi connectivity index (χ0n) is 19.8. The molecule has 1 aliphatic rings. The van der Waals surface area contributed by atoms with Crippen molar-refractivity contribution in [1.29, 1.82) is 0 Å². The highest BCUT2D eigenvalue weighted by Gasteiger charge is 2.23. The van der Waals surface area contributed by atoms with Gasteiger partial charge in [-0.2, -0.15) is 0 Å². The first-order valence-corrected chi connectivity index (χ1v) is 10.8. The van der Waals surface area contributed by atoms with Crippen LogP contribution in [0.3, 0.4) is 0 Å². The number of amides is 1. The number of guanidine groups is 1. The van der Waals surface area contributed by atoms with Crippen molar-refractivity contribution in [3.8, 4) is 23.8 Å². The van der Waals surface area contributed by atoms with Crippen LogP contribution in [0.2, 0.25) is 0 Å². The Morgan fingerprint density at radius 2 is 1.94 bits per heavy atom. The molecule has 0 radical (unpaired) electrons. The van der Waals surface area contributed by atoms with Gasteiger partial charge in [-0.25, -0.2) is 0 Å². The quantitative estimate of drug-likeness (QED) is 0.194. The molecule has 3 N–H and O–H groups in total. The summed E-state index contributed by atoms with van der Waals surface area (Å²) >= 11 is 0. The number of halogens is 1. The van der Waals surface area contributed by atoms with Crippen LogP contribution in [-0.4, -0.2) is 63.7 Å². The van der Waals surface area contributed by atoms with Gasteiger partial charge in [-0.15, -0.1) is 30.4 Å². The topological polar surface area (TPSA) is 87.2 Å². The van der Waals surface area contributed by atoms with E-state index in [-0.39, 0.29) is 42.5 Å². The summed E-state index contributed by atoms with van der Waals surface area (Å²) in [4.78, 5) is 18.9. The summed E-state index contributed by atoms with van der Waals surface area (Å²) in [5, 5.41) is 9.31. The second kappa shape index (κ2) is 13.7. The summed E-state index contributed by atoms with van der Waals surface area (Å²) in [6.07, 6.45) is 6.39. The van der Waals surface area contributed by atoms with E-state index in [4.69, 9.17) is 15.9 Å². The lowest BCUT2D eigenvalue weighted by molar-refractivity contribution is -0.115. The van der Waals surface area contributed by atoms with E-state index >= 15 is 0 Å². The van der Waals surface area contributed by atoms with Gasteiger partial charge in [0, 0.05) is 50.0 Å². The predicted octanol–water partition coefficient (Wildman–Crippen LogP) is 2.68. The molecular formula is C25H32IN5O3. The van der Waals surface area contributed by atoms with Crippen LogP contribution in [0.15, 0.2) is 47.5 Å². The zero-order valence-corrected chi connectivity index (χ0v) is 22.1. The monoisotopic (exact) mass is 577 g/mol. The van der Waals surface area contributed by atoms with Crippen LogP contribution in [0, 0.1) is 12.3 Å². The number of nitrogens with one attached hydrogen (secondary N) is 3. The Hall–Kier alpha value is -2.97. The van der Waals surface area contributed by atoms with E-state index in [0.717, 1.165) is 48.7 Å². The number of benzene rings is 2. The molecule has 0 bridgehead atoms. The molecule has 3 rings (SSSR count). The smallest absolute Gasteiger partial charge is 0.243 e. The van der Waals surface area contributed by atoms with Crippen molar-refractivity contribution in [2.45, 2.75) is 19.0 Å². The van der Waals surface area contributed by atoms with E-state index in [2.05, 4.69) is 31.8 Å². The third-order valence-electron chi connectivity index (χ3n) is 5.38. The summed E-state index contributed by atoms with van der Waals surface area (Å²) in [5.74, 6) is 4.55. The number of methoxy groups -OCH3 is 2. The van der Waals surface area contributed by atoms with E-state index in [1.54, 1.807) is 33.4 Å². The summed E-state index contributed by atoms with van der Waals surface area (Å²) in [7, 11) is 5.00. The van der Waals surface area contributed by atoms with E-state index in [9.17, 15) is 4.79 Å². The Bertz CT molecular complexity index is 1020. The van der Waals surface area contributed by atoms with Gasteiger partial charge < -0.3 is 25.4 Å². The number of nitrogens with zero attached hydrogens (tertiary/aromatic N) is 2. The van der Waals surface area contributed by atoms with Crippen molar-refractivity contribution < 1.29 is 14.3 Å². The molecule has 1 aliphatic heterocycles. The molecule has 9 heteroatoms. The minimum absolute atomic E-state index is 0. The SMILES string of the molecule is C#Cc1cccc(NC(=O)CNC(=NC)NC2CCN(Cc3cc(OC)cc(OC)c3)C2)c1.I. The van der Waals surface area contributed by atoms with Gasteiger partial charge >= 0.3 is 0 Å². The summed E-state index contributed by atoms with van der Waals surface area (Å²) in [6, 6.07) is 13.4. The molecule has 0 spiro atoms. The fourth-order valence-corrected chi connectivity index (χ4v) is 3.75. The number of aliphatic imine (C=N–C) groups is 1. The van der Waals surface area contributed by atoms with Gasteiger partial charge in [-0.05, 0) is 42.3 Å². The summed E-state index contributed by atoms with van der Waals surface area (Å²) in [5.41, 5.74) is 2.53. The average Bonchev–Trinajstić information content (AvgIpc) is 3.27. The number of anilines is 1. The Balaban J connectivity index is 0.00000408. The van der Waals surface area contributed by atoms with E-state index in [0.29, 0.717) is 11.6 Å². The minimum Gasteiger partial charge on any atom is -0.497 e. The predicted molar refractivity (Wildman–Crippen MR) is 146 cm³/mol. The first kappa shape index (κ1) is 27.3. The van der Waals surface area contributed by atoms with Crippen LogP contribution in [0.25, 0.3) is 0 Å². The first-order valence-electron chi connectivity index (χ1n) is 10.8. The van der Waals surface area contributed by atoms with Gasteiger partial charge in [0.05, 0.1) is 20.8 Å². The van der Waals surface area contributed by atoms with Crippen molar-refractivity contribution in [1.82, 2.24) is 15.5 Å².